The molecule has 1 aliphatic rings. The van der Waals surface area contributed by atoms with E-state index in [1.807, 2.05) is 6.20 Å². The Hall–Kier alpha value is -1.43. The molecule has 0 bridgehead atoms. The average Bonchev–Trinajstić information content (AvgIpc) is 2.89. The van der Waals surface area contributed by atoms with Crippen molar-refractivity contribution in [1.29, 1.82) is 0 Å². The maximum absolute atomic E-state index is 12.0. The smallest absolute Gasteiger partial charge is 0.242 e. The Morgan fingerprint density at radius 2 is 2.14 bits per heavy atom. The number of carbonyl (C=O) groups excluding carboxylic acids is 1. The minimum absolute atomic E-state index is 0.0347. The number of hydrogen-bond donors (Lipinski definition) is 2. The van der Waals surface area contributed by atoms with E-state index in [-0.39, 0.29) is 12.5 Å². The highest BCUT2D eigenvalue weighted by Crippen LogP contribution is 2.23. The lowest BCUT2D eigenvalue weighted by Crippen LogP contribution is -2.39. The van der Waals surface area contributed by atoms with Crippen molar-refractivity contribution in [3.8, 4) is 0 Å². The molecule has 1 aromatic heterocycles. The van der Waals surface area contributed by atoms with Crippen molar-refractivity contribution in [2.24, 2.45) is 5.92 Å². The molecule has 1 saturated carbocycles. The summed E-state index contributed by atoms with van der Waals surface area (Å²) in [4.78, 5) is 12.0. The highest BCUT2D eigenvalue weighted by atomic mass is 16.2. The summed E-state index contributed by atoms with van der Waals surface area (Å²) in [6.07, 6.45) is 7.54. The molecule has 0 unspecified atom stereocenters. The standard InChI is InChI=1S/C15H27N5O/c1-3-8-16-9-14-10-20(19-18-14)11-15(21)17-13-6-4-12(2)5-7-13/h10,12-13,16H,3-9,11H2,1-2H3,(H,17,21). The fourth-order valence-electron chi connectivity index (χ4n) is 2.71. The maximum Gasteiger partial charge on any atom is 0.242 e. The third-order valence-electron chi connectivity index (χ3n) is 4.01. The SMILES string of the molecule is CCCNCc1cn(CC(=O)NC2CCC(C)CC2)nn1. The summed E-state index contributed by atoms with van der Waals surface area (Å²) in [6, 6.07) is 0.336. The van der Waals surface area contributed by atoms with Crippen LogP contribution in [0.4, 0.5) is 0 Å². The third kappa shape index (κ3) is 5.46. The summed E-state index contributed by atoms with van der Waals surface area (Å²) in [7, 11) is 0. The normalized spacial score (nSPS) is 22.2. The summed E-state index contributed by atoms with van der Waals surface area (Å²) in [5, 5.41) is 14.5. The molecule has 1 heterocycles. The van der Waals surface area contributed by atoms with Crippen LogP contribution < -0.4 is 10.6 Å². The van der Waals surface area contributed by atoms with Crippen molar-refractivity contribution >= 4 is 5.91 Å². The third-order valence-corrected chi connectivity index (χ3v) is 4.01. The van der Waals surface area contributed by atoms with Crippen LogP contribution in [-0.2, 0) is 17.9 Å². The molecule has 1 aliphatic carbocycles. The molecule has 118 valence electrons. The minimum atomic E-state index is 0.0347. The van der Waals surface area contributed by atoms with Gasteiger partial charge >= 0.3 is 0 Å². The van der Waals surface area contributed by atoms with Crippen LogP contribution in [0.3, 0.4) is 0 Å². The van der Waals surface area contributed by atoms with E-state index < -0.39 is 0 Å². The van der Waals surface area contributed by atoms with Crippen molar-refractivity contribution < 1.29 is 4.79 Å². The summed E-state index contributed by atoms with van der Waals surface area (Å²) >= 11 is 0. The van der Waals surface area contributed by atoms with Crippen LogP contribution in [0.2, 0.25) is 0 Å². The van der Waals surface area contributed by atoms with Crippen LogP contribution in [0, 0.1) is 5.92 Å². The van der Waals surface area contributed by atoms with Crippen molar-refractivity contribution in [2.75, 3.05) is 6.54 Å². The summed E-state index contributed by atoms with van der Waals surface area (Å²) in [6.45, 7) is 6.33. The molecule has 0 saturated heterocycles. The van der Waals surface area contributed by atoms with Gasteiger partial charge in [0.2, 0.25) is 5.91 Å². The Morgan fingerprint density at radius 1 is 1.38 bits per heavy atom. The number of aromatic nitrogens is 3. The van der Waals surface area contributed by atoms with Gasteiger partial charge in [0.25, 0.3) is 0 Å². The summed E-state index contributed by atoms with van der Waals surface area (Å²) < 4.78 is 1.61. The molecule has 6 nitrogen and oxygen atoms in total. The van der Waals surface area contributed by atoms with E-state index in [2.05, 4.69) is 34.8 Å². The topological polar surface area (TPSA) is 71.8 Å². The molecular formula is C15H27N5O. The summed E-state index contributed by atoms with van der Waals surface area (Å²) in [5.41, 5.74) is 0.878. The van der Waals surface area contributed by atoms with Gasteiger partial charge < -0.3 is 10.6 Å². The molecule has 2 N–H and O–H groups in total. The second-order valence-electron chi connectivity index (χ2n) is 6.11. The van der Waals surface area contributed by atoms with Gasteiger partial charge in [-0.25, -0.2) is 4.68 Å². The second kappa shape index (κ2) is 8.12. The van der Waals surface area contributed by atoms with Crippen LogP contribution in [0.25, 0.3) is 0 Å². The van der Waals surface area contributed by atoms with E-state index in [1.165, 1.54) is 12.8 Å². The van der Waals surface area contributed by atoms with Gasteiger partial charge in [-0.05, 0) is 44.6 Å². The van der Waals surface area contributed by atoms with Gasteiger partial charge in [0.05, 0.1) is 11.9 Å². The minimum Gasteiger partial charge on any atom is -0.352 e. The van der Waals surface area contributed by atoms with Crippen LogP contribution >= 0.6 is 0 Å². The number of carbonyl (C=O) groups is 1. The number of hydrogen-bond acceptors (Lipinski definition) is 4. The van der Waals surface area contributed by atoms with Crippen molar-refractivity contribution in [1.82, 2.24) is 25.6 Å². The van der Waals surface area contributed by atoms with Crippen molar-refractivity contribution in [3.63, 3.8) is 0 Å². The van der Waals surface area contributed by atoms with E-state index >= 15 is 0 Å². The zero-order valence-corrected chi connectivity index (χ0v) is 13.1. The molecule has 0 aromatic carbocycles. The number of rotatable bonds is 7. The predicted molar refractivity (Wildman–Crippen MR) is 81.6 cm³/mol. The van der Waals surface area contributed by atoms with Gasteiger partial charge in [-0.2, -0.15) is 0 Å². The van der Waals surface area contributed by atoms with E-state index in [4.69, 9.17) is 0 Å². The van der Waals surface area contributed by atoms with E-state index in [0.29, 0.717) is 12.6 Å². The van der Waals surface area contributed by atoms with Crippen LogP contribution in [-0.4, -0.2) is 33.5 Å². The first-order valence-corrected chi connectivity index (χ1v) is 8.06. The Morgan fingerprint density at radius 3 is 2.86 bits per heavy atom. The highest BCUT2D eigenvalue weighted by Gasteiger charge is 2.19. The lowest BCUT2D eigenvalue weighted by atomic mass is 9.87. The van der Waals surface area contributed by atoms with Crippen LogP contribution in [0.5, 0.6) is 0 Å². The van der Waals surface area contributed by atoms with E-state index in [9.17, 15) is 4.79 Å². The molecule has 6 heteroatoms. The molecule has 1 amide bonds. The van der Waals surface area contributed by atoms with Gasteiger partial charge in [-0.1, -0.05) is 19.1 Å². The predicted octanol–water partition coefficient (Wildman–Crippen LogP) is 1.47. The lowest BCUT2D eigenvalue weighted by Gasteiger charge is -2.26. The van der Waals surface area contributed by atoms with Gasteiger partial charge in [0.15, 0.2) is 0 Å². The van der Waals surface area contributed by atoms with Gasteiger partial charge in [0, 0.05) is 12.6 Å². The van der Waals surface area contributed by atoms with Gasteiger partial charge in [0.1, 0.15) is 6.54 Å². The second-order valence-corrected chi connectivity index (χ2v) is 6.11. The zero-order chi connectivity index (χ0) is 15.1. The molecule has 21 heavy (non-hydrogen) atoms. The van der Waals surface area contributed by atoms with Gasteiger partial charge in [-0.3, -0.25) is 4.79 Å². The number of nitrogens with zero attached hydrogens (tertiary/aromatic N) is 3. The molecule has 0 spiro atoms. The number of nitrogens with one attached hydrogen (secondary N) is 2. The molecule has 0 radical (unpaired) electrons. The van der Waals surface area contributed by atoms with E-state index in [1.54, 1.807) is 4.68 Å². The van der Waals surface area contributed by atoms with Crippen molar-refractivity contribution in [2.45, 2.75) is 65.1 Å². The Bertz CT molecular complexity index is 437. The first-order chi connectivity index (χ1) is 10.2. The van der Waals surface area contributed by atoms with Crippen molar-refractivity contribution in [3.05, 3.63) is 11.9 Å². The summed E-state index contributed by atoms with van der Waals surface area (Å²) in [5.74, 6) is 0.833. The largest absolute Gasteiger partial charge is 0.352 e. The van der Waals surface area contributed by atoms with Crippen LogP contribution in [0.15, 0.2) is 6.20 Å². The fourth-order valence-corrected chi connectivity index (χ4v) is 2.71. The average molecular weight is 293 g/mol. The maximum atomic E-state index is 12.0. The molecule has 1 aromatic rings. The first kappa shape index (κ1) is 15.9. The lowest BCUT2D eigenvalue weighted by molar-refractivity contribution is -0.122. The molecular weight excluding hydrogens is 266 g/mol. The fraction of sp³-hybridized carbons (Fsp3) is 0.800. The number of amides is 1. The first-order valence-electron chi connectivity index (χ1n) is 8.06. The Balaban J connectivity index is 1.72. The monoisotopic (exact) mass is 293 g/mol. The molecule has 2 rings (SSSR count). The molecule has 0 aliphatic heterocycles. The zero-order valence-electron chi connectivity index (χ0n) is 13.1. The van der Waals surface area contributed by atoms with Crippen LogP contribution in [0.1, 0.15) is 51.6 Å². The highest BCUT2D eigenvalue weighted by molar-refractivity contribution is 5.75. The Labute approximate surface area is 126 Å². The Kier molecular flexibility index (Phi) is 6.17. The van der Waals surface area contributed by atoms with Gasteiger partial charge in [-0.15, -0.1) is 5.10 Å². The quantitative estimate of drug-likeness (QED) is 0.747. The molecule has 0 atom stereocenters. The van der Waals surface area contributed by atoms with E-state index in [0.717, 1.165) is 37.4 Å². The molecule has 1 fully saturated rings.